The van der Waals surface area contributed by atoms with E-state index < -0.39 is 0 Å². The summed E-state index contributed by atoms with van der Waals surface area (Å²) in [6, 6.07) is 0.141. The largest absolute Gasteiger partial charge is 0.368 e. The second kappa shape index (κ2) is 6.89. The third-order valence-electron chi connectivity index (χ3n) is 4.08. The van der Waals surface area contributed by atoms with Crippen LogP contribution in [0.4, 0.5) is 5.69 Å². The lowest BCUT2D eigenvalue weighted by Gasteiger charge is -2.36. The van der Waals surface area contributed by atoms with Crippen LogP contribution in [0.2, 0.25) is 0 Å². The van der Waals surface area contributed by atoms with Crippen molar-refractivity contribution >= 4 is 21.6 Å². The maximum absolute atomic E-state index is 12.4. The molecule has 0 amide bonds. The van der Waals surface area contributed by atoms with E-state index in [9.17, 15) is 4.79 Å². The Morgan fingerprint density at radius 1 is 1.52 bits per heavy atom. The van der Waals surface area contributed by atoms with Crippen molar-refractivity contribution in [3.8, 4) is 0 Å². The Kier molecular flexibility index (Phi) is 5.40. The highest BCUT2D eigenvalue weighted by molar-refractivity contribution is 9.10. The molecule has 118 valence electrons. The van der Waals surface area contributed by atoms with Crippen LogP contribution in [0.3, 0.4) is 0 Å². The van der Waals surface area contributed by atoms with Crippen LogP contribution >= 0.6 is 15.9 Å². The normalized spacial score (nSPS) is 22.9. The molecule has 6 nitrogen and oxygen atoms in total. The second-order valence-electron chi connectivity index (χ2n) is 6.05. The van der Waals surface area contributed by atoms with E-state index in [4.69, 9.17) is 5.73 Å². The molecule has 1 aliphatic rings. The predicted molar refractivity (Wildman–Crippen MR) is 88.7 cm³/mol. The van der Waals surface area contributed by atoms with Crippen LogP contribution in [-0.2, 0) is 6.54 Å². The summed E-state index contributed by atoms with van der Waals surface area (Å²) in [6.45, 7) is 5.22. The number of anilines is 1. The molecule has 2 heterocycles. The number of hydrogen-bond acceptors (Lipinski definition) is 5. The summed E-state index contributed by atoms with van der Waals surface area (Å²) < 4.78 is 2.08. The first-order valence-electron chi connectivity index (χ1n) is 7.31. The summed E-state index contributed by atoms with van der Waals surface area (Å²) in [5, 5.41) is 4.30. The molecule has 1 fully saturated rings. The fourth-order valence-electron chi connectivity index (χ4n) is 2.45. The molecule has 2 N–H and O–H groups in total. The van der Waals surface area contributed by atoms with E-state index >= 15 is 0 Å². The molecular weight excluding hydrogens is 334 g/mol. The number of rotatable bonds is 4. The Labute approximate surface area is 134 Å². The number of nitrogens with two attached hydrogens (primary N) is 1. The molecule has 0 radical (unpaired) electrons. The molecule has 0 saturated carbocycles. The molecule has 1 aromatic rings. The van der Waals surface area contributed by atoms with Crippen molar-refractivity contribution in [2.45, 2.75) is 25.9 Å². The molecule has 2 rings (SSSR count). The van der Waals surface area contributed by atoms with E-state index in [1.54, 1.807) is 6.20 Å². The molecule has 2 atom stereocenters. The number of likely N-dealkylation sites (N-methyl/N-ethyl adjacent to an activating group) is 1. The highest BCUT2D eigenvalue weighted by atomic mass is 79.9. The SMILES string of the molecule is CC1CCN(c2cnn(CCN(C)C)c(=O)c2Br)CC1N. The van der Waals surface area contributed by atoms with Gasteiger partial charge in [-0.05, 0) is 42.4 Å². The first-order valence-corrected chi connectivity index (χ1v) is 8.10. The first-order chi connectivity index (χ1) is 9.90. The van der Waals surface area contributed by atoms with Crippen LogP contribution in [0.25, 0.3) is 0 Å². The number of hydrogen-bond donors (Lipinski definition) is 1. The van der Waals surface area contributed by atoms with Crippen molar-refractivity contribution in [3.63, 3.8) is 0 Å². The average molecular weight is 358 g/mol. The molecule has 0 bridgehead atoms. The second-order valence-corrected chi connectivity index (χ2v) is 6.84. The number of piperidine rings is 1. The van der Waals surface area contributed by atoms with Crippen molar-refractivity contribution in [1.29, 1.82) is 0 Å². The zero-order chi connectivity index (χ0) is 15.6. The van der Waals surface area contributed by atoms with E-state index in [1.165, 1.54) is 4.68 Å². The van der Waals surface area contributed by atoms with Crippen LogP contribution in [0.1, 0.15) is 13.3 Å². The van der Waals surface area contributed by atoms with E-state index in [2.05, 4.69) is 32.9 Å². The quantitative estimate of drug-likeness (QED) is 0.860. The minimum absolute atomic E-state index is 0.0819. The van der Waals surface area contributed by atoms with Gasteiger partial charge in [0, 0.05) is 25.7 Å². The van der Waals surface area contributed by atoms with Gasteiger partial charge in [-0.2, -0.15) is 5.10 Å². The molecule has 2 unspecified atom stereocenters. The zero-order valence-electron chi connectivity index (χ0n) is 12.9. The Hall–Kier alpha value is -0.920. The van der Waals surface area contributed by atoms with Gasteiger partial charge in [-0.25, -0.2) is 4.68 Å². The van der Waals surface area contributed by atoms with E-state index in [-0.39, 0.29) is 11.6 Å². The average Bonchev–Trinajstić information content (AvgIpc) is 2.43. The van der Waals surface area contributed by atoms with Crippen molar-refractivity contribution < 1.29 is 0 Å². The lowest BCUT2D eigenvalue weighted by atomic mass is 9.94. The van der Waals surface area contributed by atoms with Gasteiger partial charge in [-0.15, -0.1) is 0 Å². The molecule has 21 heavy (non-hydrogen) atoms. The van der Waals surface area contributed by atoms with Crippen molar-refractivity contribution in [1.82, 2.24) is 14.7 Å². The summed E-state index contributed by atoms with van der Waals surface area (Å²) in [7, 11) is 3.95. The molecule has 1 aromatic heterocycles. The topological polar surface area (TPSA) is 67.4 Å². The van der Waals surface area contributed by atoms with Crippen LogP contribution in [0.5, 0.6) is 0 Å². The smallest absolute Gasteiger partial charge is 0.283 e. The Morgan fingerprint density at radius 3 is 2.86 bits per heavy atom. The lowest BCUT2D eigenvalue weighted by Crippen LogP contribution is -2.48. The van der Waals surface area contributed by atoms with Crippen molar-refractivity contribution in [2.24, 2.45) is 11.7 Å². The summed E-state index contributed by atoms with van der Waals surface area (Å²) in [4.78, 5) is 16.5. The van der Waals surface area contributed by atoms with E-state index in [0.717, 1.165) is 31.7 Å². The third-order valence-corrected chi connectivity index (χ3v) is 4.83. The number of nitrogens with zero attached hydrogens (tertiary/aromatic N) is 4. The first kappa shape index (κ1) is 16.5. The molecular formula is C14H24BrN5O. The minimum Gasteiger partial charge on any atom is -0.368 e. The maximum atomic E-state index is 12.4. The van der Waals surface area contributed by atoms with Crippen molar-refractivity contribution in [2.75, 3.05) is 38.6 Å². The molecule has 0 aromatic carbocycles. The molecule has 7 heteroatoms. The summed E-state index contributed by atoms with van der Waals surface area (Å²) >= 11 is 3.44. The van der Waals surface area contributed by atoms with Gasteiger partial charge in [0.15, 0.2) is 0 Å². The van der Waals surface area contributed by atoms with Gasteiger partial charge in [0.1, 0.15) is 4.47 Å². The molecule has 1 saturated heterocycles. The van der Waals surface area contributed by atoms with Crippen LogP contribution in [-0.4, -0.2) is 54.5 Å². The van der Waals surface area contributed by atoms with Gasteiger partial charge in [0.05, 0.1) is 18.4 Å². The third kappa shape index (κ3) is 3.84. The molecule has 1 aliphatic heterocycles. The monoisotopic (exact) mass is 357 g/mol. The maximum Gasteiger partial charge on any atom is 0.283 e. The Bertz CT molecular complexity index is 545. The van der Waals surface area contributed by atoms with Crippen LogP contribution in [0.15, 0.2) is 15.5 Å². The van der Waals surface area contributed by atoms with Gasteiger partial charge < -0.3 is 15.5 Å². The summed E-state index contributed by atoms with van der Waals surface area (Å²) in [5.74, 6) is 0.522. The Morgan fingerprint density at radius 2 is 2.24 bits per heavy atom. The van der Waals surface area contributed by atoms with E-state index in [1.807, 2.05) is 19.0 Å². The predicted octanol–water partition coefficient (Wildman–Crippen LogP) is 0.741. The van der Waals surface area contributed by atoms with Crippen molar-refractivity contribution in [3.05, 3.63) is 21.0 Å². The van der Waals surface area contributed by atoms with E-state index in [0.29, 0.717) is 16.9 Å². The number of aromatic nitrogens is 2. The fraction of sp³-hybridized carbons (Fsp3) is 0.714. The molecule has 0 aliphatic carbocycles. The van der Waals surface area contributed by atoms with Gasteiger partial charge in [-0.1, -0.05) is 6.92 Å². The highest BCUT2D eigenvalue weighted by Crippen LogP contribution is 2.26. The van der Waals surface area contributed by atoms with Gasteiger partial charge in [-0.3, -0.25) is 4.79 Å². The Balaban J connectivity index is 2.19. The summed E-state index contributed by atoms with van der Waals surface area (Å²) in [6.07, 6.45) is 2.81. The minimum atomic E-state index is -0.0819. The van der Waals surface area contributed by atoms with Crippen LogP contribution in [0, 0.1) is 5.92 Å². The van der Waals surface area contributed by atoms with Gasteiger partial charge >= 0.3 is 0 Å². The van der Waals surface area contributed by atoms with Gasteiger partial charge in [0.25, 0.3) is 5.56 Å². The number of halogens is 1. The zero-order valence-corrected chi connectivity index (χ0v) is 14.5. The van der Waals surface area contributed by atoms with Gasteiger partial charge in [0.2, 0.25) is 0 Å². The highest BCUT2D eigenvalue weighted by Gasteiger charge is 2.25. The fourth-order valence-corrected chi connectivity index (χ4v) is 3.01. The van der Waals surface area contributed by atoms with Crippen LogP contribution < -0.4 is 16.2 Å². The molecule has 0 spiro atoms. The lowest BCUT2D eigenvalue weighted by molar-refractivity contribution is 0.365. The summed E-state index contributed by atoms with van der Waals surface area (Å²) in [5.41, 5.74) is 6.91. The standard InChI is InChI=1S/C14H24BrN5O/c1-10-4-5-19(9-11(10)16)12-8-17-20(7-6-18(2)3)14(21)13(12)15/h8,10-11H,4-7,9,16H2,1-3H3.